The molecule has 4 aliphatic carbocycles. The molecule has 0 radical (unpaired) electrons. The monoisotopic (exact) mass is 961 g/mol. The summed E-state index contributed by atoms with van der Waals surface area (Å²) in [6, 6.07) is 31.8. The lowest BCUT2D eigenvalue weighted by Gasteiger charge is -2.31. The van der Waals surface area contributed by atoms with E-state index in [1.54, 1.807) is 9.80 Å². The number of anilines is 2. The Kier molecular flexibility index (Phi) is 9.14. The third kappa shape index (κ3) is 5.70. The van der Waals surface area contributed by atoms with Crippen LogP contribution >= 0.6 is 0 Å². The number of fused-ring (bicyclic) bond motifs is 10. The molecule has 2 amide bonds. The zero-order valence-corrected chi connectivity index (χ0v) is 44.0. The van der Waals surface area contributed by atoms with E-state index in [0.717, 1.165) is 92.7 Å². The molecule has 2 spiro atoms. The van der Waals surface area contributed by atoms with Gasteiger partial charge >= 0.3 is 0 Å². The number of hydrogen-bond acceptors (Lipinski definition) is 6. The summed E-state index contributed by atoms with van der Waals surface area (Å²) < 4.78 is 0. The van der Waals surface area contributed by atoms with Crippen LogP contribution in [-0.2, 0) is 52.9 Å². The summed E-state index contributed by atoms with van der Waals surface area (Å²) in [6.07, 6.45) is 3.27. The van der Waals surface area contributed by atoms with Gasteiger partial charge in [-0.1, -0.05) is 104 Å². The van der Waals surface area contributed by atoms with Crippen molar-refractivity contribution in [3.63, 3.8) is 0 Å². The average Bonchev–Trinajstić information content (AvgIpc) is 3.97. The summed E-state index contributed by atoms with van der Waals surface area (Å²) >= 11 is 0. The van der Waals surface area contributed by atoms with E-state index >= 15 is 9.59 Å². The molecule has 6 aliphatic rings. The van der Waals surface area contributed by atoms with Crippen LogP contribution in [0.4, 0.5) is 11.4 Å². The van der Waals surface area contributed by atoms with Crippen molar-refractivity contribution in [3.05, 3.63) is 175 Å². The number of carbonyl (C=O) groups excluding carboxylic acids is 2. The second-order valence-electron chi connectivity index (χ2n) is 25.8. The number of hydrogen-bond donors (Lipinski definition) is 4. The molecule has 4 unspecified atom stereocenters. The van der Waals surface area contributed by atoms with Gasteiger partial charge in [0.05, 0.1) is 0 Å². The van der Waals surface area contributed by atoms with Crippen molar-refractivity contribution in [1.29, 1.82) is 0 Å². The lowest BCUT2D eigenvalue weighted by molar-refractivity contribution is -0.122. The Morgan fingerprint density at radius 2 is 0.667 bits per heavy atom. The molecule has 8 nitrogen and oxygen atoms in total. The van der Waals surface area contributed by atoms with Crippen molar-refractivity contribution in [1.82, 2.24) is 0 Å². The normalized spacial score (nSPS) is 27.1. The molecule has 8 heteroatoms. The van der Waals surface area contributed by atoms with Gasteiger partial charge in [-0.25, -0.2) is 0 Å². The summed E-state index contributed by atoms with van der Waals surface area (Å²) in [5.41, 5.74) is 10.6. The van der Waals surface area contributed by atoms with Crippen LogP contribution in [0.3, 0.4) is 0 Å². The van der Waals surface area contributed by atoms with Gasteiger partial charge in [0, 0.05) is 46.4 Å². The van der Waals surface area contributed by atoms with Gasteiger partial charge in [-0.05, 0) is 190 Å². The molecule has 12 rings (SSSR count). The Bertz CT molecular complexity index is 3230. The first kappa shape index (κ1) is 46.5. The van der Waals surface area contributed by atoms with E-state index in [-0.39, 0.29) is 69.6 Å². The van der Waals surface area contributed by atoms with Crippen LogP contribution in [0.5, 0.6) is 23.0 Å². The van der Waals surface area contributed by atoms with Crippen molar-refractivity contribution in [2.24, 2.45) is 0 Å². The largest absolute Gasteiger partial charge is 0.508 e. The summed E-state index contributed by atoms with van der Waals surface area (Å²) in [5.74, 6) is 0.341. The van der Waals surface area contributed by atoms with Gasteiger partial charge in [0.25, 0.3) is 0 Å². The number of nitrogens with zero attached hydrogens (tertiary/aromatic N) is 2. The lowest BCUT2D eigenvalue weighted by atomic mass is 9.72. The Hall–Kier alpha value is -6.54. The number of rotatable bonds is 5. The van der Waals surface area contributed by atoms with Crippen LogP contribution in [0.2, 0.25) is 0 Å². The second-order valence-corrected chi connectivity index (χ2v) is 25.8. The number of amides is 2. The van der Waals surface area contributed by atoms with E-state index < -0.39 is 21.7 Å². The maximum absolute atomic E-state index is 15.5. The van der Waals surface area contributed by atoms with E-state index in [2.05, 4.69) is 79.7 Å². The lowest BCUT2D eigenvalue weighted by Crippen LogP contribution is -2.45. The van der Waals surface area contributed by atoms with Crippen LogP contribution < -0.4 is 9.80 Å². The topological polar surface area (TPSA) is 122 Å². The highest BCUT2D eigenvalue weighted by Gasteiger charge is 2.60. The first-order valence-corrected chi connectivity index (χ1v) is 25.9. The molecule has 6 aromatic rings. The minimum Gasteiger partial charge on any atom is -0.508 e. The van der Waals surface area contributed by atoms with E-state index in [1.807, 2.05) is 100 Å². The smallest absolute Gasteiger partial charge is 0.242 e. The molecular formula is C64H68N2O6. The summed E-state index contributed by atoms with van der Waals surface area (Å²) in [6.45, 7) is 26.2. The van der Waals surface area contributed by atoms with Gasteiger partial charge in [-0.3, -0.25) is 9.59 Å². The molecule has 6 aromatic carbocycles. The molecule has 72 heavy (non-hydrogen) atoms. The Labute approximate surface area is 424 Å². The van der Waals surface area contributed by atoms with Crippen LogP contribution in [0.25, 0.3) is 0 Å². The van der Waals surface area contributed by atoms with Crippen LogP contribution in [-0.4, -0.2) is 45.3 Å². The van der Waals surface area contributed by atoms with Gasteiger partial charge in [0.1, 0.15) is 33.8 Å². The molecule has 2 aliphatic heterocycles. The first-order valence-electron chi connectivity index (χ1n) is 25.9. The zero-order valence-electron chi connectivity index (χ0n) is 44.0. The van der Waals surface area contributed by atoms with Crippen molar-refractivity contribution in [3.8, 4) is 23.0 Å². The fraction of sp³-hybridized carbons (Fsp3) is 0.406. The Morgan fingerprint density at radius 3 is 1.00 bits per heavy atom. The van der Waals surface area contributed by atoms with Crippen molar-refractivity contribution in [2.45, 2.75) is 152 Å². The Balaban J connectivity index is 0.895. The number of aryl methyl sites for hydroxylation is 2. The molecule has 0 bridgehead atoms. The van der Waals surface area contributed by atoms with Crippen molar-refractivity contribution in [2.75, 3.05) is 22.9 Å². The minimum atomic E-state index is -1.24. The molecule has 0 fully saturated rings. The van der Waals surface area contributed by atoms with Gasteiger partial charge in [0.15, 0.2) is 0 Å². The third-order valence-corrected chi connectivity index (χ3v) is 19.3. The van der Waals surface area contributed by atoms with E-state index in [9.17, 15) is 20.4 Å². The van der Waals surface area contributed by atoms with Crippen LogP contribution in [0, 0.1) is 13.8 Å². The molecule has 370 valence electrons. The fourth-order valence-electron chi connectivity index (χ4n) is 16.2. The number of carbonyl (C=O) groups is 2. The number of phenolic OH excluding ortho intramolecular Hbond substituents is 4. The van der Waals surface area contributed by atoms with E-state index in [0.29, 0.717) is 11.1 Å². The SMILES string of the molecule is Cc1cc2c(cc1O)C1(CC2(C)C)CC(C)(C)c2cc(C3(C)C(=O)N(CCN4C(=O)C(C)(c5cc6c(cc5O)C5(CC(C)(C)c7cc(C)c(O)cc75)CC6(C)C)c5ccccc54)c4ccccc43)c(O)cc21. The molecule has 4 N–H and O–H groups in total. The van der Waals surface area contributed by atoms with Crippen molar-refractivity contribution < 1.29 is 30.0 Å². The molecule has 2 heterocycles. The summed E-state index contributed by atoms with van der Waals surface area (Å²) in [7, 11) is 0. The average molecular weight is 961 g/mol. The highest BCUT2D eigenvalue weighted by atomic mass is 16.3. The maximum Gasteiger partial charge on any atom is 0.242 e. The summed E-state index contributed by atoms with van der Waals surface area (Å²) in [5, 5.41) is 46.9. The number of aromatic hydroxyl groups is 4. The van der Waals surface area contributed by atoms with Gasteiger partial charge in [-0.2, -0.15) is 0 Å². The molecule has 4 atom stereocenters. The minimum absolute atomic E-state index is 0.0673. The predicted octanol–water partition coefficient (Wildman–Crippen LogP) is 12.4. The standard InChI is InChI=1S/C64H68N2O6/c1-35-23-39-43(27-51(35)67)63(31-57(39,3)4)33-59(7,8)41-25-47(53(69)29-45(41)63)61(11)37-17-13-15-19-49(37)65(55(61)71)21-22-66-50-20-16-14-18-38(50)62(12,56(66)72)48-26-42-46(30-54(48)70)64(34-60(42,9)10)32-58(5,6)40-24-36(2)52(68)28-44(40)64/h13-20,23-30,67-70H,21-22,31-34H2,1-12H3. The Morgan fingerprint density at radius 1 is 0.375 bits per heavy atom. The molecule has 0 saturated heterocycles. The molecular weight excluding hydrogens is 893 g/mol. The second kappa shape index (κ2) is 14.1. The van der Waals surface area contributed by atoms with E-state index in [4.69, 9.17) is 0 Å². The van der Waals surface area contributed by atoms with Crippen molar-refractivity contribution >= 4 is 23.2 Å². The predicted molar refractivity (Wildman–Crippen MR) is 285 cm³/mol. The van der Waals surface area contributed by atoms with Crippen LogP contribution in [0.1, 0.15) is 173 Å². The van der Waals surface area contributed by atoms with Crippen LogP contribution in [0.15, 0.2) is 97.1 Å². The highest BCUT2D eigenvalue weighted by molar-refractivity contribution is 6.12. The fourth-order valence-corrected chi connectivity index (χ4v) is 16.2. The van der Waals surface area contributed by atoms with Gasteiger partial charge < -0.3 is 30.2 Å². The molecule has 0 aromatic heterocycles. The third-order valence-electron chi connectivity index (χ3n) is 19.3. The first-order chi connectivity index (χ1) is 33.6. The number of phenols is 4. The highest BCUT2D eigenvalue weighted by Crippen LogP contribution is 2.67. The van der Waals surface area contributed by atoms with Gasteiger partial charge in [0.2, 0.25) is 11.8 Å². The van der Waals surface area contributed by atoms with Gasteiger partial charge in [-0.15, -0.1) is 0 Å². The maximum atomic E-state index is 15.5. The molecule has 0 saturated carbocycles. The summed E-state index contributed by atoms with van der Waals surface area (Å²) in [4.78, 5) is 34.5. The quantitative estimate of drug-likeness (QED) is 0.137. The van der Waals surface area contributed by atoms with E-state index in [1.165, 1.54) is 11.1 Å². The number of benzene rings is 6. The number of para-hydroxylation sites is 2. The zero-order chi connectivity index (χ0) is 51.4.